The van der Waals surface area contributed by atoms with Gasteiger partial charge in [-0.2, -0.15) is 0 Å². The molecule has 6 nitrogen and oxygen atoms in total. The van der Waals surface area contributed by atoms with Crippen LogP contribution in [0.15, 0.2) is 0 Å². The highest BCUT2D eigenvalue weighted by molar-refractivity contribution is 5.77. The first kappa shape index (κ1) is 50.3. The van der Waals surface area contributed by atoms with Gasteiger partial charge in [0.15, 0.2) is 0 Å². The van der Waals surface area contributed by atoms with Gasteiger partial charge in [-0.15, -0.1) is 0 Å². The molecule has 0 aliphatic rings. The summed E-state index contributed by atoms with van der Waals surface area (Å²) in [7, 11) is 1.63. The molecule has 0 aromatic carbocycles. The predicted octanol–water partition coefficient (Wildman–Crippen LogP) is 13.1. The number of methoxy groups -OCH3 is 1. The van der Waals surface area contributed by atoms with Crippen LogP contribution in [0.4, 0.5) is 0 Å². The molecular formula is C45H91NO5. The molecule has 0 aromatic rings. The third-order valence-corrected chi connectivity index (χ3v) is 10.3. The van der Waals surface area contributed by atoms with Gasteiger partial charge in [0.1, 0.15) is 6.61 Å². The highest BCUT2D eigenvalue weighted by Crippen LogP contribution is 2.15. The van der Waals surface area contributed by atoms with Crippen LogP contribution in [0, 0.1) is 0 Å². The summed E-state index contributed by atoms with van der Waals surface area (Å²) in [4.78, 5) is 12.1. The molecule has 0 spiro atoms. The fraction of sp³-hybridized carbons (Fsp3) is 0.978. The molecule has 306 valence electrons. The Morgan fingerprint density at radius 2 is 0.824 bits per heavy atom. The van der Waals surface area contributed by atoms with Crippen LogP contribution in [-0.2, 0) is 23.7 Å². The van der Waals surface area contributed by atoms with Gasteiger partial charge in [-0.05, 0) is 19.3 Å². The van der Waals surface area contributed by atoms with E-state index < -0.39 is 0 Å². The minimum atomic E-state index is -0.0863. The Morgan fingerprint density at radius 1 is 0.451 bits per heavy atom. The zero-order valence-electron chi connectivity index (χ0n) is 34.9. The Balaban J connectivity index is 3.88. The summed E-state index contributed by atoms with van der Waals surface area (Å²) in [6.07, 6.45) is 44.9. The summed E-state index contributed by atoms with van der Waals surface area (Å²) >= 11 is 0. The minimum Gasteiger partial charge on any atom is -0.382 e. The molecule has 51 heavy (non-hydrogen) atoms. The topological polar surface area (TPSA) is 66.0 Å². The van der Waals surface area contributed by atoms with Crippen LogP contribution in [0.3, 0.4) is 0 Å². The molecule has 0 rings (SSSR count). The lowest BCUT2D eigenvalue weighted by molar-refractivity contribution is -0.126. The zero-order valence-corrected chi connectivity index (χ0v) is 34.9. The molecule has 1 amide bonds. The molecule has 0 aliphatic heterocycles. The van der Waals surface area contributed by atoms with Crippen molar-refractivity contribution in [1.29, 1.82) is 0 Å². The van der Waals surface area contributed by atoms with Crippen molar-refractivity contribution >= 4 is 5.91 Å². The highest BCUT2D eigenvalue weighted by atomic mass is 16.5. The Hall–Kier alpha value is -0.690. The lowest BCUT2D eigenvalue weighted by Crippen LogP contribution is -2.32. The van der Waals surface area contributed by atoms with Crippen molar-refractivity contribution < 1.29 is 23.7 Å². The van der Waals surface area contributed by atoms with Crippen LogP contribution < -0.4 is 5.32 Å². The van der Waals surface area contributed by atoms with Crippen molar-refractivity contribution in [3.63, 3.8) is 0 Å². The van der Waals surface area contributed by atoms with E-state index in [1.54, 1.807) is 7.11 Å². The summed E-state index contributed by atoms with van der Waals surface area (Å²) in [5.74, 6) is -0.0863. The predicted molar refractivity (Wildman–Crippen MR) is 220 cm³/mol. The molecule has 0 fully saturated rings. The third kappa shape index (κ3) is 43.6. The van der Waals surface area contributed by atoms with Gasteiger partial charge < -0.3 is 24.3 Å². The van der Waals surface area contributed by atoms with Crippen LogP contribution >= 0.6 is 0 Å². The normalized spacial score (nSPS) is 12.1. The summed E-state index contributed by atoms with van der Waals surface area (Å²) in [6.45, 7) is 8.36. The zero-order chi connectivity index (χ0) is 37.0. The van der Waals surface area contributed by atoms with Gasteiger partial charge in [-0.3, -0.25) is 4.79 Å². The number of hydrogen-bond donors (Lipinski definition) is 1. The fourth-order valence-corrected chi connectivity index (χ4v) is 6.81. The Morgan fingerprint density at radius 3 is 1.22 bits per heavy atom. The highest BCUT2D eigenvalue weighted by Gasteiger charge is 2.11. The molecule has 6 heteroatoms. The van der Waals surface area contributed by atoms with E-state index in [1.807, 2.05) is 0 Å². The van der Waals surface area contributed by atoms with Crippen LogP contribution in [-0.4, -0.2) is 65.3 Å². The molecule has 0 saturated heterocycles. The average Bonchev–Trinajstić information content (AvgIpc) is 3.13. The Kier molecular flexibility index (Phi) is 44.9. The first-order valence-corrected chi connectivity index (χ1v) is 22.8. The van der Waals surface area contributed by atoms with Crippen molar-refractivity contribution in [1.82, 2.24) is 5.32 Å². The first-order chi connectivity index (χ1) is 25.2. The summed E-state index contributed by atoms with van der Waals surface area (Å²) < 4.78 is 22.6. The smallest absolute Gasteiger partial charge is 0.246 e. The number of hydrogen-bond acceptors (Lipinski definition) is 5. The van der Waals surface area contributed by atoms with E-state index in [4.69, 9.17) is 18.9 Å². The lowest BCUT2D eigenvalue weighted by Gasteiger charge is -2.19. The second kappa shape index (κ2) is 45.5. The van der Waals surface area contributed by atoms with Crippen molar-refractivity contribution in [3.8, 4) is 0 Å². The number of unbranched alkanes of at least 4 members (excludes halogenated alkanes) is 30. The molecule has 1 N–H and O–H groups in total. The van der Waals surface area contributed by atoms with E-state index in [-0.39, 0.29) is 18.6 Å². The maximum absolute atomic E-state index is 12.1. The third-order valence-electron chi connectivity index (χ3n) is 10.3. The first-order valence-electron chi connectivity index (χ1n) is 22.8. The van der Waals surface area contributed by atoms with Gasteiger partial charge in [-0.25, -0.2) is 0 Å². The molecule has 1 unspecified atom stereocenters. The lowest BCUT2D eigenvalue weighted by atomic mass is 10.0. The van der Waals surface area contributed by atoms with Crippen molar-refractivity contribution in [2.45, 2.75) is 232 Å². The van der Waals surface area contributed by atoms with E-state index in [1.165, 1.54) is 193 Å². The number of carbonyl (C=O) groups excluding carboxylic acids is 1. The van der Waals surface area contributed by atoms with Gasteiger partial charge in [-0.1, -0.05) is 206 Å². The van der Waals surface area contributed by atoms with E-state index in [9.17, 15) is 4.79 Å². The van der Waals surface area contributed by atoms with E-state index in [2.05, 4.69) is 19.2 Å². The standard InChI is InChI=1S/C45H91NO5/c1-4-6-8-10-12-14-16-18-20-22-24-26-28-30-32-34-38-49-42-44(36-37-46-45(47)43-50-41-40-48-3)51-39-35-33-31-29-27-25-23-21-19-17-15-13-11-9-7-5-2/h44H,4-43H2,1-3H3,(H,46,47). The quantitative estimate of drug-likeness (QED) is 0.0633. The molecular weight excluding hydrogens is 634 g/mol. The molecule has 0 bridgehead atoms. The van der Waals surface area contributed by atoms with Gasteiger partial charge in [0, 0.05) is 26.9 Å². The molecule has 0 saturated carbocycles. The Labute approximate surface area is 319 Å². The summed E-state index contributed by atoms with van der Waals surface area (Å²) in [5, 5.41) is 2.97. The van der Waals surface area contributed by atoms with E-state index >= 15 is 0 Å². The maximum atomic E-state index is 12.1. The van der Waals surface area contributed by atoms with Gasteiger partial charge in [0.2, 0.25) is 5.91 Å². The van der Waals surface area contributed by atoms with Gasteiger partial charge in [0.05, 0.1) is 25.9 Å². The molecule has 0 radical (unpaired) electrons. The molecule has 1 atom stereocenters. The largest absolute Gasteiger partial charge is 0.382 e. The van der Waals surface area contributed by atoms with E-state index in [0.29, 0.717) is 26.4 Å². The number of carbonyl (C=O) groups is 1. The van der Waals surface area contributed by atoms with Crippen LogP contribution in [0.2, 0.25) is 0 Å². The van der Waals surface area contributed by atoms with Crippen LogP contribution in [0.25, 0.3) is 0 Å². The summed E-state index contributed by atoms with van der Waals surface area (Å²) in [6, 6.07) is 0. The fourth-order valence-electron chi connectivity index (χ4n) is 6.81. The van der Waals surface area contributed by atoms with E-state index in [0.717, 1.165) is 32.5 Å². The van der Waals surface area contributed by atoms with Crippen molar-refractivity contribution in [2.24, 2.45) is 0 Å². The summed E-state index contributed by atoms with van der Waals surface area (Å²) in [5.41, 5.74) is 0. The SMILES string of the molecule is CCCCCCCCCCCCCCCCCCOCC(CCNC(=O)COCCOC)OCCCCCCCCCCCCCCCCCC. The van der Waals surface area contributed by atoms with Crippen LogP contribution in [0.5, 0.6) is 0 Å². The monoisotopic (exact) mass is 726 g/mol. The molecule has 0 heterocycles. The number of nitrogens with one attached hydrogen (secondary N) is 1. The second-order valence-corrected chi connectivity index (χ2v) is 15.4. The second-order valence-electron chi connectivity index (χ2n) is 15.4. The average molecular weight is 726 g/mol. The number of ether oxygens (including phenoxy) is 4. The van der Waals surface area contributed by atoms with Gasteiger partial charge >= 0.3 is 0 Å². The molecule has 0 aromatic heterocycles. The maximum Gasteiger partial charge on any atom is 0.246 e. The number of rotatable bonds is 45. The molecule has 0 aliphatic carbocycles. The Bertz CT molecular complexity index is 648. The van der Waals surface area contributed by atoms with Crippen molar-refractivity contribution in [2.75, 3.05) is 53.3 Å². The van der Waals surface area contributed by atoms with Gasteiger partial charge in [0.25, 0.3) is 0 Å². The minimum absolute atomic E-state index is 0.0251. The van der Waals surface area contributed by atoms with Crippen molar-refractivity contribution in [3.05, 3.63) is 0 Å². The van der Waals surface area contributed by atoms with Crippen LogP contribution in [0.1, 0.15) is 226 Å². The number of amides is 1.